The molecule has 146 valence electrons. The fourth-order valence-corrected chi connectivity index (χ4v) is 4.11. The Kier molecular flexibility index (Phi) is 4.71. The van der Waals surface area contributed by atoms with E-state index in [2.05, 4.69) is 5.32 Å². The van der Waals surface area contributed by atoms with Crippen LogP contribution in [0.2, 0.25) is 0 Å². The van der Waals surface area contributed by atoms with Gasteiger partial charge in [-0.05, 0) is 54.7 Å². The van der Waals surface area contributed by atoms with Crippen LogP contribution in [0.5, 0.6) is 11.5 Å². The van der Waals surface area contributed by atoms with Crippen LogP contribution in [0.1, 0.15) is 46.4 Å². The first-order valence-corrected chi connectivity index (χ1v) is 9.47. The van der Waals surface area contributed by atoms with Crippen LogP contribution in [0.4, 0.5) is 0 Å². The minimum Gasteiger partial charge on any atom is -0.493 e. The fraction of sp³-hybridized carbons (Fsp3) is 0.364. The van der Waals surface area contributed by atoms with Crippen LogP contribution in [0.15, 0.2) is 36.4 Å². The summed E-state index contributed by atoms with van der Waals surface area (Å²) < 4.78 is 10.8. The summed E-state index contributed by atoms with van der Waals surface area (Å²) in [6, 6.07) is 10.8. The molecule has 2 unspecified atom stereocenters. The molecule has 1 aliphatic carbocycles. The smallest absolute Gasteiger partial charge is 0.255 e. The third kappa shape index (κ3) is 2.99. The van der Waals surface area contributed by atoms with Crippen molar-refractivity contribution in [1.29, 1.82) is 0 Å². The van der Waals surface area contributed by atoms with Crippen molar-refractivity contribution in [3.63, 3.8) is 0 Å². The number of hydrogen-bond donors (Lipinski definition) is 1. The van der Waals surface area contributed by atoms with E-state index in [0.717, 1.165) is 29.5 Å². The van der Waals surface area contributed by atoms with E-state index in [1.54, 1.807) is 26.0 Å². The molecule has 0 saturated carbocycles. The lowest BCUT2D eigenvalue weighted by Gasteiger charge is -2.25. The molecule has 2 amide bonds. The quantitative estimate of drug-likeness (QED) is 0.866. The van der Waals surface area contributed by atoms with Gasteiger partial charge in [-0.15, -0.1) is 0 Å². The van der Waals surface area contributed by atoms with Crippen molar-refractivity contribution in [2.75, 3.05) is 14.2 Å². The number of rotatable bonds is 5. The van der Waals surface area contributed by atoms with E-state index in [0.29, 0.717) is 23.6 Å². The normalized spacial score (nSPS) is 18.5. The molecule has 0 saturated heterocycles. The zero-order valence-corrected chi connectivity index (χ0v) is 16.3. The second kappa shape index (κ2) is 7.19. The Labute approximate surface area is 164 Å². The minimum atomic E-state index is -0.538. The minimum absolute atomic E-state index is 0.0866. The molecule has 2 aromatic rings. The number of amides is 2. The second-order valence-electron chi connectivity index (χ2n) is 7.27. The molecule has 0 aromatic heterocycles. The van der Waals surface area contributed by atoms with E-state index >= 15 is 0 Å². The van der Waals surface area contributed by atoms with Crippen LogP contribution >= 0.6 is 0 Å². The fourth-order valence-electron chi connectivity index (χ4n) is 4.11. The summed E-state index contributed by atoms with van der Waals surface area (Å²) in [6.07, 6.45) is 1.68. The lowest BCUT2D eigenvalue weighted by molar-refractivity contribution is -0.126. The number of carbonyl (C=O) groups is 2. The molecule has 1 aliphatic heterocycles. The Balaban J connectivity index is 1.49. The number of methoxy groups -OCH3 is 2. The molecule has 28 heavy (non-hydrogen) atoms. The number of ether oxygens (including phenoxy) is 2. The molecule has 0 radical (unpaired) electrons. The number of nitrogens with zero attached hydrogens (tertiary/aromatic N) is 1. The summed E-state index contributed by atoms with van der Waals surface area (Å²) in [6.45, 7) is 2.25. The molecule has 2 atom stereocenters. The molecule has 4 rings (SSSR count). The third-order valence-corrected chi connectivity index (χ3v) is 5.74. The maximum absolute atomic E-state index is 12.9. The van der Waals surface area contributed by atoms with Gasteiger partial charge >= 0.3 is 0 Å². The molecule has 0 fully saturated rings. The van der Waals surface area contributed by atoms with Gasteiger partial charge in [-0.25, -0.2) is 0 Å². The van der Waals surface area contributed by atoms with Gasteiger partial charge in [0.15, 0.2) is 11.5 Å². The van der Waals surface area contributed by atoms with Crippen LogP contribution in [0, 0.1) is 0 Å². The third-order valence-electron chi connectivity index (χ3n) is 5.74. The number of hydrogen-bond acceptors (Lipinski definition) is 4. The number of aryl methyl sites for hydroxylation is 1. The summed E-state index contributed by atoms with van der Waals surface area (Å²) in [7, 11) is 3.22. The van der Waals surface area contributed by atoms with Crippen molar-refractivity contribution in [2.45, 2.75) is 38.4 Å². The second-order valence-corrected chi connectivity index (χ2v) is 7.27. The van der Waals surface area contributed by atoms with E-state index in [1.807, 2.05) is 36.4 Å². The Morgan fingerprint density at radius 1 is 1.14 bits per heavy atom. The SMILES string of the molecule is COc1cc2c(cc1OC)C(NC(=O)C(C)N1Cc3ccccc3C1=O)CC2. The molecular formula is C22H24N2O4. The number of benzene rings is 2. The van der Waals surface area contributed by atoms with Gasteiger partial charge in [0.1, 0.15) is 6.04 Å². The molecule has 0 spiro atoms. The van der Waals surface area contributed by atoms with Gasteiger partial charge in [-0.2, -0.15) is 0 Å². The average molecular weight is 380 g/mol. The largest absolute Gasteiger partial charge is 0.493 e. The summed E-state index contributed by atoms with van der Waals surface area (Å²) in [5.74, 6) is 1.12. The van der Waals surface area contributed by atoms with Crippen LogP contribution in [0.25, 0.3) is 0 Å². The predicted molar refractivity (Wildman–Crippen MR) is 105 cm³/mol. The van der Waals surface area contributed by atoms with Crippen molar-refractivity contribution in [2.24, 2.45) is 0 Å². The predicted octanol–water partition coefficient (Wildman–Crippen LogP) is 2.85. The summed E-state index contributed by atoms with van der Waals surface area (Å²) in [4.78, 5) is 27.2. The highest BCUT2D eigenvalue weighted by Crippen LogP contribution is 2.39. The van der Waals surface area contributed by atoms with E-state index in [9.17, 15) is 9.59 Å². The van der Waals surface area contributed by atoms with E-state index in [-0.39, 0.29) is 17.9 Å². The molecule has 2 aliphatic rings. The van der Waals surface area contributed by atoms with Gasteiger partial charge in [-0.3, -0.25) is 9.59 Å². The summed E-state index contributed by atoms with van der Waals surface area (Å²) >= 11 is 0. The van der Waals surface area contributed by atoms with Gasteiger partial charge in [0.05, 0.1) is 20.3 Å². The van der Waals surface area contributed by atoms with Crippen molar-refractivity contribution in [3.05, 3.63) is 58.7 Å². The Morgan fingerprint density at radius 2 is 1.86 bits per heavy atom. The zero-order valence-electron chi connectivity index (χ0n) is 16.3. The van der Waals surface area contributed by atoms with Crippen LogP contribution < -0.4 is 14.8 Å². The topological polar surface area (TPSA) is 67.9 Å². The van der Waals surface area contributed by atoms with Crippen LogP contribution in [-0.2, 0) is 17.8 Å². The molecule has 2 aromatic carbocycles. The standard InChI is InChI=1S/C22H24N2O4/c1-13(24-12-15-6-4-5-7-16(15)22(24)26)21(25)23-18-9-8-14-10-19(27-2)20(28-3)11-17(14)18/h4-7,10-11,13,18H,8-9,12H2,1-3H3,(H,23,25). The van der Waals surface area contributed by atoms with Crippen molar-refractivity contribution >= 4 is 11.8 Å². The molecular weight excluding hydrogens is 356 g/mol. The molecule has 6 heteroatoms. The van der Waals surface area contributed by atoms with Gasteiger partial charge in [0.2, 0.25) is 5.91 Å². The Morgan fingerprint density at radius 3 is 2.57 bits per heavy atom. The summed E-state index contributed by atoms with van der Waals surface area (Å²) in [5.41, 5.74) is 3.86. The zero-order chi connectivity index (χ0) is 19.8. The molecule has 1 N–H and O–H groups in total. The average Bonchev–Trinajstić information content (AvgIpc) is 3.27. The first-order valence-electron chi connectivity index (χ1n) is 9.47. The molecule has 6 nitrogen and oxygen atoms in total. The monoisotopic (exact) mass is 380 g/mol. The lowest BCUT2D eigenvalue weighted by atomic mass is 10.1. The van der Waals surface area contributed by atoms with E-state index < -0.39 is 6.04 Å². The Hall–Kier alpha value is -3.02. The highest BCUT2D eigenvalue weighted by molar-refractivity contribution is 6.01. The number of carbonyl (C=O) groups excluding carboxylic acids is 2. The van der Waals surface area contributed by atoms with Gasteiger partial charge in [-0.1, -0.05) is 18.2 Å². The van der Waals surface area contributed by atoms with Crippen molar-refractivity contribution in [1.82, 2.24) is 10.2 Å². The number of fused-ring (bicyclic) bond motifs is 2. The Bertz CT molecular complexity index is 940. The lowest BCUT2D eigenvalue weighted by Crippen LogP contribution is -2.46. The van der Waals surface area contributed by atoms with Crippen molar-refractivity contribution < 1.29 is 19.1 Å². The first kappa shape index (κ1) is 18.3. The summed E-state index contributed by atoms with van der Waals surface area (Å²) in [5, 5.41) is 3.12. The van der Waals surface area contributed by atoms with Gasteiger partial charge in [0, 0.05) is 12.1 Å². The molecule has 1 heterocycles. The number of nitrogens with one attached hydrogen (secondary N) is 1. The van der Waals surface area contributed by atoms with Crippen LogP contribution in [0.3, 0.4) is 0 Å². The maximum Gasteiger partial charge on any atom is 0.255 e. The van der Waals surface area contributed by atoms with Crippen molar-refractivity contribution in [3.8, 4) is 11.5 Å². The maximum atomic E-state index is 12.9. The molecule has 0 bridgehead atoms. The first-order chi connectivity index (χ1) is 13.5. The highest BCUT2D eigenvalue weighted by atomic mass is 16.5. The van der Waals surface area contributed by atoms with Gasteiger partial charge in [0.25, 0.3) is 5.91 Å². The van der Waals surface area contributed by atoms with Crippen LogP contribution in [-0.4, -0.2) is 37.0 Å². The van der Waals surface area contributed by atoms with Gasteiger partial charge < -0.3 is 19.7 Å². The van der Waals surface area contributed by atoms with E-state index in [4.69, 9.17) is 9.47 Å². The highest BCUT2D eigenvalue weighted by Gasteiger charge is 2.35. The van der Waals surface area contributed by atoms with E-state index in [1.165, 1.54) is 0 Å².